The van der Waals surface area contributed by atoms with Gasteiger partial charge in [-0.05, 0) is 39.3 Å². The maximum atomic E-state index is 12.5. The van der Waals surface area contributed by atoms with E-state index >= 15 is 0 Å². The van der Waals surface area contributed by atoms with E-state index in [0.29, 0.717) is 26.2 Å². The van der Waals surface area contributed by atoms with Crippen LogP contribution < -0.4 is 0 Å². The van der Waals surface area contributed by atoms with Gasteiger partial charge in [-0.1, -0.05) is 30.3 Å². The molecule has 1 aromatic rings. The SMILES string of the molecule is CN1CCN(C(=O)CCCC2(COCc3ccccc3)COC(C)(C)O2)CC1. The summed E-state index contributed by atoms with van der Waals surface area (Å²) < 4.78 is 18.1. The number of hydrogen-bond acceptors (Lipinski definition) is 5. The Balaban J connectivity index is 1.48. The Morgan fingerprint density at radius 1 is 1.14 bits per heavy atom. The second-order valence-electron chi connectivity index (χ2n) is 8.49. The number of rotatable bonds is 8. The van der Waals surface area contributed by atoms with Gasteiger partial charge in [-0.3, -0.25) is 4.79 Å². The van der Waals surface area contributed by atoms with Gasteiger partial charge in [-0.2, -0.15) is 0 Å². The maximum absolute atomic E-state index is 12.5. The molecule has 6 nitrogen and oxygen atoms in total. The van der Waals surface area contributed by atoms with Gasteiger partial charge in [0.1, 0.15) is 5.60 Å². The van der Waals surface area contributed by atoms with Crippen LogP contribution in [0.5, 0.6) is 0 Å². The Hall–Kier alpha value is -1.47. The Labute approximate surface area is 168 Å². The Morgan fingerprint density at radius 3 is 2.50 bits per heavy atom. The Kier molecular flexibility index (Phi) is 7.10. The Bertz CT molecular complexity index is 629. The number of piperazine rings is 1. The first kappa shape index (κ1) is 21.2. The molecule has 0 aliphatic carbocycles. The fourth-order valence-electron chi connectivity index (χ4n) is 3.86. The standard InChI is InChI=1S/C22H34N2O4/c1-21(2)27-18-22(28-21,17-26-16-19-8-5-4-6-9-19)11-7-10-20(25)24-14-12-23(3)13-15-24/h4-6,8-9H,7,10-18H2,1-3H3. The highest BCUT2D eigenvalue weighted by molar-refractivity contribution is 5.76. The third-order valence-corrected chi connectivity index (χ3v) is 5.50. The lowest BCUT2D eigenvalue weighted by molar-refractivity contribution is -0.176. The van der Waals surface area contributed by atoms with Gasteiger partial charge in [-0.15, -0.1) is 0 Å². The van der Waals surface area contributed by atoms with Crippen LogP contribution in [0.15, 0.2) is 30.3 Å². The van der Waals surface area contributed by atoms with E-state index in [2.05, 4.69) is 24.1 Å². The monoisotopic (exact) mass is 390 g/mol. The zero-order chi connectivity index (χ0) is 20.0. The van der Waals surface area contributed by atoms with Gasteiger partial charge in [-0.25, -0.2) is 0 Å². The van der Waals surface area contributed by atoms with Crippen molar-refractivity contribution in [3.05, 3.63) is 35.9 Å². The van der Waals surface area contributed by atoms with E-state index < -0.39 is 11.4 Å². The lowest BCUT2D eigenvalue weighted by Gasteiger charge is -2.33. The molecule has 1 atom stereocenters. The zero-order valence-electron chi connectivity index (χ0n) is 17.5. The summed E-state index contributed by atoms with van der Waals surface area (Å²) in [6.45, 7) is 8.93. The molecular formula is C22H34N2O4. The minimum Gasteiger partial charge on any atom is -0.374 e. The summed E-state index contributed by atoms with van der Waals surface area (Å²) in [5, 5.41) is 0. The Morgan fingerprint density at radius 2 is 1.86 bits per heavy atom. The van der Waals surface area contributed by atoms with Crippen LogP contribution in [0, 0.1) is 0 Å². The number of carbonyl (C=O) groups is 1. The van der Waals surface area contributed by atoms with Crippen molar-refractivity contribution in [3.8, 4) is 0 Å². The van der Waals surface area contributed by atoms with E-state index in [-0.39, 0.29) is 5.91 Å². The second kappa shape index (κ2) is 9.35. The molecular weight excluding hydrogens is 356 g/mol. The number of likely N-dealkylation sites (N-methyl/N-ethyl adjacent to an activating group) is 1. The van der Waals surface area contributed by atoms with Gasteiger partial charge in [0.25, 0.3) is 0 Å². The number of benzene rings is 1. The molecule has 0 N–H and O–H groups in total. The molecule has 0 radical (unpaired) electrons. The van der Waals surface area contributed by atoms with Gasteiger partial charge in [0.2, 0.25) is 5.91 Å². The topological polar surface area (TPSA) is 51.2 Å². The van der Waals surface area contributed by atoms with Crippen LogP contribution in [0.4, 0.5) is 0 Å². The first-order valence-corrected chi connectivity index (χ1v) is 10.3. The quantitative estimate of drug-likeness (QED) is 0.683. The molecule has 2 heterocycles. The van der Waals surface area contributed by atoms with Crippen LogP contribution >= 0.6 is 0 Å². The smallest absolute Gasteiger partial charge is 0.222 e. The van der Waals surface area contributed by atoms with Crippen molar-refractivity contribution in [2.75, 3.05) is 46.4 Å². The van der Waals surface area contributed by atoms with E-state index in [0.717, 1.165) is 44.6 Å². The molecule has 1 unspecified atom stereocenters. The summed E-state index contributed by atoms with van der Waals surface area (Å²) in [5.74, 6) is -0.371. The van der Waals surface area contributed by atoms with Gasteiger partial charge >= 0.3 is 0 Å². The van der Waals surface area contributed by atoms with Gasteiger partial charge in [0, 0.05) is 32.6 Å². The maximum Gasteiger partial charge on any atom is 0.222 e. The van der Waals surface area contributed by atoms with Crippen LogP contribution in [-0.2, 0) is 25.6 Å². The normalized spacial score (nSPS) is 25.2. The fraction of sp³-hybridized carbons (Fsp3) is 0.682. The number of carbonyl (C=O) groups excluding carboxylic acids is 1. The van der Waals surface area contributed by atoms with E-state index in [1.807, 2.05) is 36.9 Å². The number of nitrogens with zero attached hydrogens (tertiary/aromatic N) is 2. The van der Waals surface area contributed by atoms with E-state index in [1.165, 1.54) is 0 Å². The summed E-state index contributed by atoms with van der Waals surface area (Å²) in [7, 11) is 2.10. The van der Waals surface area contributed by atoms with Crippen molar-refractivity contribution in [1.82, 2.24) is 9.80 Å². The molecule has 3 rings (SSSR count). The lowest BCUT2D eigenvalue weighted by atomic mass is 9.98. The van der Waals surface area contributed by atoms with Gasteiger partial charge in [0.05, 0.1) is 19.8 Å². The number of ether oxygens (including phenoxy) is 3. The highest BCUT2D eigenvalue weighted by atomic mass is 16.8. The van der Waals surface area contributed by atoms with Crippen LogP contribution in [0.3, 0.4) is 0 Å². The van der Waals surface area contributed by atoms with Gasteiger partial charge < -0.3 is 24.0 Å². The third-order valence-electron chi connectivity index (χ3n) is 5.50. The van der Waals surface area contributed by atoms with Crippen molar-refractivity contribution in [2.45, 2.75) is 51.1 Å². The molecule has 0 saturated carbocycles. The average molecular weight is 391 g/mol. The predicted octanol–water partition coefficient (Wildman–Crippen LogP) is 2.67. The van der Waals surface area contributed by atoms with Crippen molar-refractivity contribution in [2.24, 2.45) is 0 Å². The van der Waals surface area contributed by atoms with Crippen LogP contribution in [0.1, 0.15) is 38.7 Å². The number of hydrogen-bond donors (Lipinski definition) is 0. The number of amides is 1. The highest BCUT2D eigenvalue weighted by Crippen LogP contribution is 2.35. The minimum absolute atomic E-state index is 0.242. The zero-order valence-corrected chi connectivity index (χ0v) is 17.5. The molecule has 6 heteroatoms. The minimum atomic E-state index is -0.614. The summed E-state index contributed by atoms with van der Waals surface area (Å²) in [6, 6.07) is 10.1. The van der Waals surface area contributed by atoms with Crippen molar-refractivity contribution in [3.63, 3.8) is 0 Å². The van der Waals surface area contributed by atoms with E-state index in [1.54, 1.807) is 0 Å². The fourth-order valence-corrected chi connectivity index (χ4v) is 3.86. The molecule has 2 saturated heterocycles. The molecule has 1 aromatic carbocycles. The molecule has 156 valence electrons. The van der Waals surface area contributed by atoms with Crippen molar-refractivity contribution >= 4 is 5.91 Å². The van der Waals surface area contributed by atoms with E-state index in [4.69, 9.17) is 14.2 Å². The summed E-state index contributed by atoms with van der Waals surface area (Å²) in [6.07, 6.45) is 2.08. The molecule has 1 amide bonds. The van der Waals surface area contributed by atoms with Crippen LogP contribution in [-0.4, -0.2) is 73.5 Å². The molecule has 0 spiro atoms. The van der Waals surface area contributed by atoms with E-state index in [9.17, 15) is 4.79 Å². The summed E-state index contributed by atoms with van der Waals surface area (Å²) in [4.78, 5) is 16.8. The summed E-state index contributed by atoms with van der Waals surface area (Å²) in [5.41, 5.74) is 0.654. The van der Waals surface area contributed by atoms with Crippen molar-refractivity contribution < 1.29 is 19.0 Å². The second-order valence-corrected chi connectivity index (χ2v) is 8.49. The third kappa shape index (κ3) is 6.01. The molecule has 2 aliphatic rings. The molecule has 2 aliphatic heterocycles. The first-order chi connectivity index (χ1) is 13.4. The van der Waals surface area contributed by atoms with Crippen LogP contribution in [0.2, 0.25) is 0 Å². The molecule has 2 fully saturated rings. The van der Waals surface area contributed by atoms with Gasteiger partial charge in [0.15, 0.2) is 5.79 Å². The lowest BCUT2D eigenvalue weighted by Crippen LogP contribution is -2.47. The van der Waals surface area contributed by atoms with Crippen LogP contribution in [0.25, 0.3) is 0 Å². The molecule has 0 aromatic heterocycles. The molecule has 28 heavy (non-hydrogen) atoms. The largest absolute Gasteiger partial charge is 0.374 e. The first-order valence-electron chi connectivity index (χ1n) is 10.3. The average Bonchev–Trinajstić information content (AvgIpc) is 2.98. The summed E-state index contributed by atoms with van der Waals surface area (Å²) >= 11 is 0. The predicted molar refractivity (Wildman–Crippen MR) is 108 cm³/mol. The highest BCUT2D eigenvalue weighted by Gasteiger charge is 2.45. The van der Waals surface area contributed by atoms with Crippen molar-refractivity contribution in [1.29, 1.82) is 0 Å². The molecule has 0 bridgehead atoms.